The minimum atomic E-state index is -4.80. The van der Waals surface area contributed by atoms with Crippen LogP contribution >= 0.6 is 0 Å². The molecule has 2 atom stereocenters. The highest BCUT2D eigenvalue weighted by Gasteiger charge is 2.39. The van der Waals surface area contributed by atoms with E-state index in [0.717, 1.165) is 12.8 Å². The number of para-hydroxylation sites is 1. The highest BCUT2D eigenvalue weighted by atomic mass is 19.4. The number of halogens is 3. The highest BCUT2D eigenvalue weighted by Crippen LogP contribution is 2.38. The van der Waals surface area contributed by atoms with Gasteiger partial charge in [-0.3, -0.25) is 4.79 Å². The topological polar surface area (TPSA) is 35.5 Å². The molecule has 0 aliphatic carbocycles. The van der Waals surface area contributed by atoms with Crippen LogP contribution in [0.1, 0.15) is 36.0 Å². The van der Waals surface area contributed by atoms with Crippen LogP contribution in [-0.4, -0.2) is 24.4 Å². The molecule has 2 aliphatic heterocycles. The number of alkyl halides is 3. The van der Waals surface area contributed by atoms with E-state index in [-0.39, 0.29) is 29.5 Å². The summed E-state index contributed by atoms with van der Waals surface area (Å²) in [6.07, 6.45) is -1.66. The van der Waals surface area contributed by atoms with Gasteiger partial charge >= 0.3 is 6.36 Å². The molecular weight excluding hydrogens is 285 g/mol. The van der Waals surface area contributed by atoms with Gasteiger partial charge in [-0.1, -0.05) is 12.1 Å². The average Bonchev–Trinajstić information content (AvgIpc) is 2.75. The van der Waals surface area contributed by atoms with E-state index in [0.29, 0.717) is 12.8 Å². The number of Topliss-reactive ketones (excluding diaryl/α,β-unsaturated/α-hetero) is 1. The Morgan fingerprint density at radius 3 is 2.38 bits per heavy atom. The number of hydrogen-bond donors (Lipinski definition) is 0. The van der Waals surface area contributed by atoms with Crippen molar-refractivity contribution in [3.05, 3.63) is 29.8 Å². The molecule has 0 N–H and O–H groups in total. The zero-order valence-corrected chi connectivity index (χ0v) is 11.2. The maximum absolute atomic E-state index is 12.5. The summed E-state index contributed by atoms with van der Waals surface area (Å²) in [5.41, 5.74) is 0.00104. The molecule has 2 unspecified atom stereocenters. The molecule has 0 amide bonds. The van der Waals surface area contributed by atoms with Gasteiger partial charge in [-0.2, -0.15) is 0 Å². The van der Waals surface area contributed by atoms with E-state index >= 15 is 0 Å². The molecule has 2 heterocycles. The Balaban J connectivity index is 1.81. The van der Waals surface area contributed by atoms with Crippen molar-refractivity contribution in [3.63, 3.8) is 0 Å². The van der Waals surface area contributed by atoms with Gasteiger partial charge in [0.25, 0.3) is 0 Å². The van der Waals surface area contributed by atoms with Gasteiger partial charge in [0.05, 0.1) is 17.8 Å². The molecule has 0 radical (unpaired) electrons. The first-order chi connectivity index (χ1) is 9.92. The molecule has 2 aliphatic rings. The van der Waals surface area contributed by atoms with Crippen molar-refractivity contribution in [2.24, 2.45) is 5.92 Å². The van der Waals surface area contributed by atoms with E-state index < -0.39 is 12.1 Å². The Labute approximate surface area is 120 Å². The standard InChI is InChI=1S/C15H15F3O3/c16-15(17,18)21-13-4-2-1-3-12(13)14(19)9-7-10-5-6-11(8-9)20-10/h1-4,9-11H,5-8H2. The fraction of sp³-hybridized carbons (Fsp3) is 0.533. The number of rotatable bonds is 3. The molecule has 1 aromatic carbocycles. The second kappa shape index (κ2) is 5.33. The van der Waals surface area contributed by atoms with Gasteiger partial charge in [-0.05, 0) is 37.8 Å². The van der Waals surface area contributed by atoms with Crippen LogP contribution < -0.4 is 4.74 Å². The van der Waals surface area contributed by atoms with Gasteiger partial charge in [0.2, 0.25) is 0 Å². The average molecular weight is 300 g/mol. The summed E-state index contributed by atoms with van der Waals surface area (Å²) in [5.74, 6) is -0.988. The van der Waals surface area contributed by atoms with Crippen LogP contribution in [-0.2, 0) is 4.74 Å². The summed E-state index contributed by atoms with van der Waals surface area (Å²) in [5, 5.41) is 0. The molecule has 0 saturated carbocycles. The normalized spacial score (nSPS) is 28.4. The van der Waals surface area contributed by atoms with Crippen molar-refractivity contribution in [3.8, 4) is 5.75 Å². The van der Waals surface area contributed by atoms with E-state index in [4.69, 9.17) is 4.74 Å². The minimum Gasteiger partial charge on any atom is -0.405 e. The molecule has 2 saturated heterocycles. The summed E-state index contributed by atoms with van der Waals surface area (Å²) in [6, 6.07) is 5.53. The van der Waals surface area contributed by atoms with Gasteiger partial charge in [0.15, 0.2) is 5.78 Å². The molecule has 114 valence electrons. The van der Waals surface area contributed by atoms with Gasteiger partial charge < -0.3 is 9.47 Å². The smallest absolute Gasteiger partial charge is 0.405 e. The van der Waals surface area contributed by atoms with Gasteiger partial charge in [0.1, 0.15) is 5.75 Å². The molecule has 0 aromatic heterocycles. The number of hydrogen-bond acceptors (Lipinski definition) is 3. The van der Waals surface area contributed by atoms with Crippen LogP contribution in [0.15, 0.2) is 24.3 Å². The minimum absolute atomic E-state index is 0.00104. The van der Waals surface area contributed by atoms with Crippen LogP contribution in [0.4, 0.5) is 13.2 Å². The van der Waals surface area contributed by atoms with Crippen LogP contribution in [0.25, 0.3) is 0 Å². The summed E-state index contributed by atoms with van der Waals surface area (Å²) in [4.78, 5) is 12.5. The predicted molar refractivity (Wildman–Crippen MR) is 68.1 cm³/mol. The predicted octanol–water partition coefficient (Wildman–Crippen LogP) is 3.73. The lowest BCUT2D eigenvalue weighted by Gasteiger charge is -2.27. The Bertz CT molecular complexity index is 529. The Morgan fingerprint density at radius 2 is 1.76 bits per heavy atom. The number of fused-ring (bicyclic) bond motifs is 2. The second-order valence-electron chi connectivity index (χ2n) is 5.53. The first kappa shape index (κ1) is 14.4. The van der Waals surface area contributed by atoms with E-state index in [1.54, 1.807) is 6.07 Å². The fourth-order valence-electron chi connectivity index (χ4n) is 3.18. The number of ketones is 1. The maximum atomic E-state index is 12.5. The SMILES string of the molecule is O=C(c1ccccc1OC(F)(F)F)C1CC2CCC(C1)O2. The molecular formula is C15H15F3O3. The number of carbonyl (C=O) groups excluding carboxylic acids is 1. The molecule has 3 nitrogen and oxygen atoms in total. The second-order valence-corrected chi connectivity index (χ2v) is 5.53. The van der Waals surface area contributed by atoms with Gasteiger partial charge in [-0.25, -0.2) is 0 Å². The van der Waals surface area contributed by atoms with Crippen molar-refractivity contribution >= 4 is 5.78 Å². The zero-order valence-electron chi connectivity index (χ0n) is 11.2. The third-order valence-corrected chi connectivity index (χ3v) is 4.04. The number of ether oxygens (including phenoxy) is 2. The third-order valence-electron chi connectivity index (χ3n) is 4.04. The molecule has 21 heavy (non-hydrogen) atoms. The Morgan fingerprint density at radius 1 is 1.14 bits per heavy atom. The fourth-order valence-corrected chi connectivity index (χ4v) is 3.18. The zero-order chi connectivity index (χ0) is 15.0. The van der Waals surface area contributed by atoms with Crippen molar-refractivity contribution in [2.45, 2.75) is 44.3 Å². The van der Waals surface area contributed by atoms with E-state index in [2.05, 4.69) is 4.74 Å². The van der Waals surface area contributed by atoms with E-state index in [9.17, 15) is 18.0 Å². The van der Waals surface area contributed by atoms with Crippen LogP contribution in [0.3, 0.4) is 0 Å². The monoisotopic (exact) mass is 300 g/mol. The Hall–Kier alpha value is -1.56. The molecule has 1 aromatic rings. The first-order valence-electron chi connectivity index (χ1n) is 6.97. The molecule has 3 rings (SSSR count). The Kier molecular flexibility index (Phi) is 3.65. The van der Waals surface area contributed by atoms with E-state index in [1.165, 1.54) is 18.2 Å². The largest absolute Gasteiger partial charge is 0.573 e. The van der Waals surface area contributed by atoms with Gasteiger partial charge in [0, 0.05) is 5.92 Å². The lowest BCUT2D eigenvalue weighted by Crippen LogP contribution is -2.30. The van der Waals surface area contributed by atoms with Crippen molar-refractivity contribution in [1.82, 2.24) is 0 Å². The molecule has 2 bridgehead atoms. The van der Waals surface area contributed by atoms with Gasteiger partial charge in [-0.15, -0.1) is 13.2 Å². The maximum Gasteiger partial charge on any atom is 0.573 e. The molecule has 0 spiro atoms. The summed E-state index contributed by atoms with van der Waals surface area (Å²) in [6.45, 7) is 0. The highest BCUT2D eigenvalue weighted by molar-refractivity contribution is 6.00. The van der Waals surface area contributed by atoms with E-state index in [1.807, 2.05) is 0 Å². The lowest BCUT2D eigenvalue weighted by atomic mass is 9.87. The summed E-state index contributed by atoms with van der Waals surface area (Å²) in [7, 11) is 0. The van der Waals surface area contributed by atoms with Crippen molar-refractivity contribution < 1.29 is 27.4 Å². The lowest BCUT2D eigenvalue weighted by molar-refractivity contribution is -0.274. The number of carbonyl (C=O) groups is 1. The third kappa shape index (κ3) is 3.20. The molecule has 6 heteroatoms. The number of benzene rings is 1. The van der Waals surface area contributed by atoms with Crippen molar-refractivity contribution in [1.29, 1.82) is 0 Å². The quantitative estimate of drug-likeness (QED) is 0.798. The van der Waals surface area contributed by atoms with Crippen LogP contribution in [0, 0.1) is 5.92 Å². The first-order valence-corrected chi connectivity index (χ1v) is 6.97. The van der Waals surface area contributed by atoms with Crippen LogP contribution in [0.2, 0.25) is 0 Å². The summed E-state index contributed by atoms with van der Waals surface area (Å²) >= 11 is 0. The summed E-state index contributed by atoms with van der Waals surface area (Å²) < 4.78 is 46.8. The molecule has 2 fully saturated rings. The van der Waals surface area contributed by atoms with Crippen molar-refractivity contribution in [2.75, 3.05) is 0 Å². The van der Waals surface area contributed by atoms with Crippen LogP contribution in [0.5, 0.6) is 5.75 Å².